The zero-order valence-electron chi connectivity index (χ0n) is 8.85. The molecule has 1 unspecified atom stereocenters. The number of aliphatic carboxylic acids is 1. The normalized spacial score (nSPS) is 12.4. The van der Waals surface area contributed by atoms with Gasteiger partial charge in [-0.15, -0.1) is 11.8 Å². The predicted octanol–water partition coefficient (Wildman–Crippen LogP) is 2.67. The molecule has 88 valence electrons. The number of rotatable bonds is 6. The molecule has 0 radical (unpaired) electrons. The lowest BCUT2D eigenvalue weighted by atomic mass is 10.2. The van der Waals surface area contributed by atoms with Crippen LogP contribution in [0, 0.1) is 0 Å². The van der Waals surface area contributed by atoms with Gasteiger partial charge in [-0.3, -0.25) is 4.79 Å². The summed E-state index contributed by atoms with van der Waals surface area (Å²) in [7, 11) is 1.49. The third kappa shape index (κ3) is 4.04. The van der Waals surface area contributed by atoms with Gasteiger partial charge in [0, 0.05) is 17.9 Å². The SMILES string of the molecule is COCC(SCc1ccccc1Cl)C(=O)O. The van der Waals surface area contributed by atoms with Crippen molar-refractivity contribution < 1.29 is 14.6 Å². The molecule has 0 bridgehead atoms. The van der Waals surface area contributed by atoms with E-state index >= 15 is 0 Å². The van der Waals surface area contributed by atoms with Gasteiger partial charge < -0.3 is 9.84 Å². The van der Waals surface area contributed by atoms with Crippen molar-refractivity contribution in [3.8, 4) is 0 Å². The molecule has 5 heteroatoms. The maximum Gasteiger partial charge on any atom is 0.319 e. The van der Waals surface area contributed by atoms with Crippen LogP contribution >= 0.6 is 23.4 Å². The second kappa shape index (κ2) is 6.78. The Morgan fingerprint density at radius 3 is 2.81 bits per heavy atom. The average molecular weight is 261 g/mol. The van der Waals surface area contributed by atoms with Crippen LogP contribution in [-0.2, 0) is 15.3 Å². The summed E-state index contributed by atoms with van der Waals surface area (Å²) in [5.41, 5.74) is 0.941. The molecule has 0 saturated carbocycles. The number of carboxylic acid groups (broad SMARTS) is 1. The molecule has 3 nitrogen and oxygen atoms in total. The zero-order valence-corrected chi connectivity index (χ0v) is 10.4. The average Bonchev–Trinajstić information content (AvgIpc) is 2.26. The summed E-state index contributed by atoms with van der Waals surface area (Å²) in [6, 6.07) is 7.42. The summed E-state index contributed by atoms with van der Waals surface area (Å²) in [5.74, 6) is -0.293. The monoisotopic (exact) mass is 260 g/mol. The molecule has 0 amide bonds. The molecule has 1 atom stereocenters. The van der Waals surface area contributed by atoms with Gasteiger partial charge >= 0.3 is 5.97 Å². The minimum absolute atomic E-state index is 0.199. The summed E-state index contributed by atoms with van der Waals surface area (Å²) >= 11 is 7.28. The first-order chi connectivity index (χ1) is 7.65. The molecule has 1 rings (SSSR count). The Balaban J connectivity index is 2.55. The Labute approximate surface area is 104 Å². The van der Waals surface area contributed by atoms with Crippen LogP contribution in [-0.4, -0.2) is 30.0 Å². The Hall–Kier alpha value is -0.710. The highest BCUT2D eigenvalue weighted by Gasteiger charge is 2.17. The predicted molar refractivity (Wildman–Crippen MR) is 66.0 cm³/mol. The van der Waals surface area contributed by atoms with Crippen molar-refractivity contribution in [2.45, 2.75) is 11.0 Å². The fraction of sp³-hybridized carbons (Fsp3) is 0.364. The first-order valence-electron chi connectivity index (χ1n) is 4.72. The van der Waals surface area contributed by atoms with E-state index in [0.717, 1.165) is 5.56 Å². The number of ether oxygens (including phenoxy) is 1. The molecule has 1 aromatic rings. The number of methoxy groups -OCH3 is 1. The second-order valence-electron chi connectivity index (χ2n) is 3.18. The first kappa shape index (κ1) is 13.4. The van der Waals surface area contributed by atoms with Crippen LogP contribution < -0.4 is 0 Å². The van der Waals surface area contributed by atoms with Crippen LogP contribution in [0.15, 0.2) is 24.3 Å². The number of benzene rings is 1. The lowest BCUT2D eigenvalue weighted by molar-refractivity contribution is -0.137. The van der Waals surface area contributed by atoms with Crippen LogP contribution in [0.5, 0.6) is 0 Å². The Kier molecular flexibility index (Phi) is 5.66. The number of carbonyl (C=O) groups is 1. The third-order valence-corrected chi connectivity index (χ3v) is 3.58. The van der Waals surface area contributed by atoms with Crippen molar-refractivity contribution in [3.05, 3.63) is 34.9 Å². The summed E-state index contributed by atoms with van der Waals surface area (Å²) < 4.78 is 4.85. The highest BCUT2D eigenvalue weighted by molar-refractivity contribution is 7.99. The van der Waals surface area contributed by atoms with Crippen molar-refractivity contribution in [1.82, 2.24) is 0 Å². The van der Waals surface area contributed by atoms with Gasteiger partial charge in [-0.2, -0.15) is 0 Å². The first-order valence-corrected chi connectivity index (χ1v) is 6.14. The molecule has 0 aliphatic heterocycles. The molecule has 0 saturated heterocycles. The molecular weight excluding hydrogens is 248 g/mol. The van der Waals surface area contributed by atoms with Gasteiger partial charge in [0.15, 0.2) is 0 Å². The van der Waals surface area contributed by atoms with Crippen LogP contribution in [0.1, 0.15) is 5.56 Å². The lowest BCUT2D eigenvalue weighted by Gasteiger charge is -2.11. The Morgan fingerprint density at radius 2 is 2.25 bits per heavy atom. The van der Waals surface area contributed by atoms with Crippen LogP contribution in [0.3, 0.4) is 0 Å². The largest absolute Gasteiger partial charge is 0.480 e. The van der Waals surface area contributed by atoms with Gasteiger partial charge in [0.05, 0.1) is 6.61 Å². The standard InChI is InChI=1S/C11H13ClO3S/c1-15-6-10(11(13)14)16-7-8-4-2-3-5-9(8)12/h2-5,10H,6-7H2,1H3,(H,13,14). The van der Waals surface area contributed by atoms with E-state index in [-0.39, 0.29) is 6.61 Å². The van der Waals surface area contributed by atoms with E-state index in [1.807, 2.05) is 18.2 Å². The topological polar surface area (TPSA) is 46.5 Å². The third-order valence-electron chi connectivity index (χ3n) is 1.99. The molecule has 16 heavy (non-hydrogen) atoms. The molecule has 0 aliphatic rings. The van der Waals surface area contributed by atoms with Gasteiger partial charge in [0.2, 0.25) is 0 Å². The Bertz CT molecular complexity index is 357. The molecule has 0 aliphatic carbocycles. The smallest absolute Gasteiger partial charge is 0.319 e. The lowest BCUT2D eigenvalue weighted by Crippen LogP contribution is -2.21. The van der Waals surface area contributed by atoms with E-state index in [1.54, 1.807) is 6.07 Å². The number of hydrogen-bond acceptors (Lipinski definition) is 3. The minimum atomic E-state index is -0.862. The molecule has 0 spiro atoms. The van der Waals surface area contributed by atoms with E-state index < -0.39 is 11.2 Å². The molecule has 0 heterocycles. The van der Waals surface area contributed by atoms with Gasteiger partial charge in [0.1, 0.15) is 5.25 Å². The van der Waals surface area contributed by atoms with E-state index in [1.165, 1.54) is 18.9 Å². The molecule has 0 aromatic heterocycles. The van der Waals surface area contributed by atoms with E-state index in [2.05, 4.69) is 0 Å². The Morgan fingerprint density at radius 1 is 1.56 bits per heavy atom. The van der Waals surface area contributed by atoms with Crippen molar-refractivity contribution >= 4 is 29.3 Å². The summed E-state index contributed by atoms with van der Waals surface area (Å²) in [6.45, 7) is 0.199. The number of carboxylic acids is 1. The van der Waals surface area contributed by atoms with Gasteiger partial charge in [-0.25, -0.2) is 0 Å². The number of thioether (sulfide) groups is 1. The van der Waals surface area contributed by atoms with Crippen molar-refractivity contribution in [2.24, 2.45) is 0 Å². The highest BCUT2D eigenvalue weighted by Crippen LogP contribution is 2.23. The summed E-state index contributed by atoms with van der Waals surface area (Å²) in [6.07, 6.45) is 0. The van der Waals surface area contributed by atoms with Gasteiger partial charge in [0.25, 0.3) is 0 Å². The summed E-state index contributed by atoms with van der Waals surface area (Å²) in [5, 5.41) is 9.03. The summed E-state index contributed by atoms with van der Waals surface area (Å²) in [4.78, 5) is 10.9. The quantitative estimate of drug-likeness (QED) is 0.854. The van der Waals surface area contributed by atoms with E-state index in [4.69, 9.17) is 21.4 Å². The van der Waals surface area contributed by atoms with Crippen molar-refractivity contribution in [1.29, 1.82) is 0 Å². The van der Waals surface area contributed by atoms with Crippen molar-refractivity contribution in [3.63, 3.8) is 0 Å². The highest BCUT2D eigenvalue weighted by atomic mass is 35.5. The number of halogens is 1. The molecule has 1 N–H and O–H groups in total. The second-order valence-corrected chi connectivity index (χ2v) is 4.78. The van der Waals surface area contributed by atoms with Gasteiger partial charge in [-0.1, -0.05) is 29.8 Å². The molecule has 1 aromatic carbocycles. The maximum atomic E-state index is 10.9. The van der Waals surface area contributed by atoms with Crippen molar-refractivity contribution in [2.75, 3.05) is 13.7 Å². The number of hydrogen-bond donors (Lipinski definition) is 1. The van der Waals surface area contributed by atoms with Crippen LogP contribution in [0.25, 0.3) is 0 Å². The molecular formula is C11H13ClO3S. The van der Waals surface area contributed by atoms with Gasteiger partial charge in [-0.05, 0) is 11.6 Å². The molecule has 0 fully saturated rings. The fourth-order valence-electron chi connectivity index (χ4n) is 1.15. The van der Waals surface area contributed by atoms with Crippen LogP contribution in [0.4, 0.5) is 0 Å². The fourth-order valence-corrected chi connectivity index (χ4v) is 2.44. The zero-order chi connectivity index (χ0) is 12.0. The van der Waals surface area contributed by atoms with E-state index in [9.17, 15) is 4.79 Å². The minimum Gasteiger partial charge on any atom is -0.480 e. The van der Waals surface area contributed by atoms with Crippen LogP contribution in [0.2, 0.25) is 5.02 Å². The maximum absolute atomic E-state index is 10.9. The van der Waals surface area contributed by atoms with E-state index in [0.29, 0.717) is 10.8 Å².